The summed E-state index contributed by atoms with van der Waals surface area (Å²) in [6.45, 7) is 0. The molecule has 0 amide bonds. The summed E-state index contributed by atoms with van der Waals surface area (Å²) < 4.78 is 129. The number of alkyl halides is 10. The Morgan fingerprint density at radius 3 is 1.55 bits per heavy atom. The van der Waals surface area contributed by atoms with Crippen molar-refractivity contribution in [3.63, 3.8) is 0 Å². The minimum absolute atomic E-state index is 0. The van der Waals surface area contributed by atoms with E-state index >= 15 is 0 Å². The van der Waals surface area contributed by atoms with Gasteiger partial charge < -0.3 is 15.1 Å². The first-order valence-electron chi connectivity index (χ1n) is 6.82. The number of rotatable bonds is 2. The molecule has 0 aromatic heterocycles. The molecule has 0 atom stereocenters. The van der Waals surface area contributed by atoms with Crippen molar-refractivity contribution in [2.24, 2.45) is 0 Å². The van der Waals surface area contributed by atoms with Gasteiger partial charge in [0, 0.05) is 0 Å². The van der Waals surface area contributed by atoms with Crippen LogP contribution in [-0.2, 0) is 11.8 Å². The van der Waals surface area contributed by atoms with E-state index in [1.807, 2.05) is 0 Å². The van der Waals surface area contributed by atoms with Gasteiger partial charge in [-0.25, -0.2) is 8.78 Å². The molecule has 3 nitrogen and oxygen atoms in total. The van der Waals surface area contributed by atoms with Gasteiger partial charge in [-0.05, 0) is 11.1 Å². The van der Waals surface area contributed by atoms with Gasteiger partial charge in [0.2, 0.25) is 0 Å². The number of hydrogen-bond acceptors (Lipinski definition) is 3. The first-order valence-corrected chi connectivity index (χ1v) is 6.82. The van der Waals surface area contributed by atoms with Gasteiger partial charge in [-0.3, -0.25) is 0 Å². The summed E-state index contributed by atoms with van der Waals surface area (Å²) in [7, 11) is -2.17. The van der Waals surface area contributed by atoms with Crippen molar-refractivity contribution in [1.29, 1.82) is 0 Å². The molecule has 0 saturated heterocycles. The van der Waals surface area contributed by atoms with E-state index in [1.54, 1.807) is 0 Å². The summed E-state index contributed by atoms with van der Waals surface area (Å²) in [5.74, 6) is -11.9. The average Bonchev–Trinajstić information content (AvgIpc) is 2.50. The zero-order valence-corrected chi connectivity index (χ0v) is 20.4. The fourth-order valence-corrected chi connectivity index (χ4v) is 1.96. The predicted octanol–water partition coefficient (Wildman–Crippen LogP) is 0.900. The second-order valence-electron chi connectivity index (χ2n) is 5.14. The molecule has 3 N–H and O–H groups in total. The molecule has 0 heterocycles. The first-order chi connectivity index (χ1) is 12.4. The van der Waals surface area contributed by atoms with Crippen molar-refractivity contribution in [3.05, 3.63) is 47.5 Å². The van der Waals surface area contributed by atoms with E-state index in [1.165, 1.54) is 18.2 Å². The van der Waals surface area contributed by atoms with Crippen molar-refractivity contribution in [3.8, 4) is 0 Å². The van der Waals surface area contributed by atoms with Crippen LogP contribution in [-0.4, -0.2) is 34.7 Å². The molecule has 0 spiro atoms. The summed E-state index contributed by atoms with van der Waals surface area (Å²) in [6.07, 6.45) is -12.7. The van der Waals surface area contributed by atoms with E-state index in [9.17, 15) is 43.9 Å². The fraction of sp³-hybridized carbons (Fsp3) is 0.286. The van der Waals surface area contributed by atoms with Gasteiger partial charge in [0.1, 0.15) is 0 Å². The van der Waals surface area contributed by atoms with Crippen LogP contribution in [0.1, 0.15) is 11.1 Å². The molecule has 0 aliphatic carbocycles. The second-order valence-corrected chi connectivity index (χ2v) is 5.14. The molecule has 0 unspecified atom stereocenters. The van der Waals surface area contributed by atoms with Crippen LogP contribution in [0.2, 0.25) is 0 Å². The smallest absolute Gasteiger partial charge is 0.402 e. The van der Waals surface area contributed by atoms with Crippen LogP contribution in [0.15, 0.2) is 30.3 Å². The molecule has 0 aliphatic heterocycles. The van der Waals surface area contributed by atoms with E-state index in [0.717, 1.165) is 12.1 Å². The maximum Gasteiger partial charge on any atom is 1.00 e. The maximum absolute atomic E-state index is 13.5. The third kappa shape index (κ3) is 6.74. The van der Waals surface area contributed by atoms with Crippen LogP contribution >= 0.6 is 0 Å². The van der Waals surface area contributed by atoms with Gasteiger partial charge in [-0.1, -0.05) is 12.1 Å². The van der Waals surface area contributed by atoms with E-state index < -0.39 is 53.4 Å². The maximum atomic E-state index is 13.5. The standard InChI is InChI=1S/C14H5F10.BH3O3.Cs/c15-11(16,13(19,20)21)9-5-7-3-1-2-4-8(7)6-10(9)12(17,18)14(22,23)24;2-1(3)4;/h1-5H;2-4H;/q-1;;+1. The minimum atomic E-state index is -6.37. The van der Waals surface area contributed by atoms with Gasteiger partial charge in [0.25, 0.3) is 0 Å². The van der Waals surface area contributed by atoms with Crippen LogP contribution in [0.4, 0.5) is 43.9 Å². The number of hydrogen-bond donors (Lipinski definition) is 3. The summed E-state index contributed by atoms with van der Waals surface area (Å²) >= 11 is 0. The van der Waals surface area contributed by atoms with E-state index in [0.29, 0.717) is 0 Å². The van der Waals surface area contributed by atoms with E-state index in [4.69, 9.17) is 15.1 Å². The molecular formula is C14H8BCsF10O3. The summed E-state index contributed by atoms with van der Waals surface area (Å²) in [4.78, 5) is 0. The Hall–Kier alpha value is -0.00312. The topological polar surface area (TPSA) is 60.7 Å². The van der Waals surface area contributed by atoms with Gasteiger partial charge >= 0.3 is 100 Å². The predicted molar refractivity (Wildman–Crippen MR) is 75.1 cm³/mol. The Morgan fingerprint density at radius 2 is 1.14 bits per heavy atom. The largest absolute Gasteiger partial charge is 1.00 e. The third-order valence-electron chi connectivity index (χ3n) is 3.15. The normalized spacial score (nSPS) is 12.7. The minimum Gasteiger partial charge on any atom is -0.402 e. The monoisotopic (exact) mass is 558 g/mol. The quantitative estimate of drug-likeness (QED) is 0.292. The molecule has 0 bridgehead atoms. The number of fused-ring (bicyclic) bond motifs is 1. The summed E-state index contributed by atoms with van der Waals surface area (Å²) in [5, 5.41) is 20.6. The molecule has 29 heavy (non-hydrogen) atoms. The van der Waals surface area contributed by atoms with Gasteiger partial charge in [-0.15, -0.1) is 35.0 Å². The molecule has 0 fully saturated rings. The van der Waals surface area contributed by atoms with Crippen molar-refractivity contribution in [2.45, 2.75) is 24.2 Å². The van der Waals surface area contributed by atoms with Gasteiger partial charge in [0.15, 0.2) is 0 Å². The molecule has 2 aromatic rings. The third-order valence-corrected chi connectivity index (χ3v) is 3.15. The van der Waals surface area contributed by atoms with Crippen molar-refractivity contribution in [1.82, 2.24) is 0 Å². The van der Waals surface area contributed by atoms with Crippen molar-refractivity contribution >= 4 is 18.1 Å². The molecule has 15 heteroatoms. The first kappa shape index (κ1) is 29.0. The molecular weight excluding hydrogens is 550 g/mol. The SMILES string of the molecule is FC(F)(F)C(F)(F)c1[c-]c2ccccc2cc1C(F)(F)C(F)(F)F.OB(O)O.[Cs+]. The second kappa shape index (κ2) is 10.1. The van der Waals surface area contributed by atoms with Crippen LogP contribution < -0.4 is 68.9 Å². The van der Waals surface area contributed by atoms with Crippen molar-refractivity contribution in [2.75, 3.05) is 0 Å². The Balaban J connectivity index is 0.00000143. The fourth-order valence-electron chi connectivity index (χ4n) is 1.96. The molecule has 0 aliphatic rings. The van der Waals surface area contributed by atoms with E-state index in [2.05, 4.69) is 0 Å². The Bertz CT molecular complexity index is 756. The average molecular weight is 558 g/mol. The zero-order valence-electron chi connectivity index (χ0n) is 14.1. The summed E-state index contributed by atoms with van der Waals surface area (Å²) in [5.41, 5.74) is -5.05. The van der Waals surface area contributed by atoms with Crippen LogP contribution in [0.25, 0.3) is 10.8 Å². The number of halogens is 10. The van der Waals surface area contributed by atoms with Gasteiger partial charge in [-0.2, -0.15) is 35.1 Å². The number of benzene rings is 2. The van der Waals surface area contributed by atoms with Crippen LogP contribution in [0.3, 0.4) is 0 Å². The summed E-state index contributed by atoms with van der Waals surface area (Å²) in [6, 6.07) is 5.64. The molecule has 0 saturated carbocycles. The Morgan fingerprint density at radius 1 is 0.724 bits per heavy atom. The molecule has 0 radical (unpaired) electrons. The molecule has 2 aromatic carbocycles. The van der Waals surface area contributed by atoms with Crippen molar-refractivity contribution < 1.29 is 128 Å². The zero-order chi connectivity index (χ0) is 22.1. The molecule has 156 valence electrons. The molecule has 2 rings (SSSR count). The Labute approximate surface area is 215 Å². The van der Waals surface area contributed by atoms with Crippen LogP contribution in [0, 0.1) is 6.07 Å². The Kier molecular flexibility index (Phi) is 10.1. The van der Waals surface area contributed by atoms with Crippen LogP contribution in [0.5, 0.6) is 0 Å². The van der Waals surface area contributed by atoms with E-state index in [-0.39, 0.29) is 75.0 Å². The van der Waals surface area contributed by atoms with Gasteiger partial charge in [0.05, 0.1) is 0 Å².